The molecule has 1 aliphatic rings. The summed E-state index contributed by atoms with van der Waals surface area (Å²) in [6.07, 6.45) is 22.0. The van der Waals surface area contributed by atoms with E-state index >= 15 is 0 Å². The van der Waals surface area contributed by atoms with E-state index in [4.69, 9.17) is 27.9 Å². The summed E-state index contributed by atoms with van der Waals surface area (Å²) in [4.78, 5) is 11.0. The van der Waals surface area contributed by atoms with Crippen LogP contribution < -0.4 is 0 Å². The molecule has 0 N–H and O–H groups in total. The van der Waals surface area contributed by atoms with Crippen LogP contribution in [0.5, 0.6) is 0 Å². The van der Waals surface area contributed by atoms with E-state index in [2.05, 4.69) is 0 Å². The molecule has 0 amide bonds. The average Bonchev–Trinajstić information content (AvgIpc) is 2.68. The van der Waals surface area contributed by atoms with Crippen molar-refractivity contribution in [3.8, 4) is 0 Å². The van der Waals surface area contributed by atoms with Crippen LogP contribution in [0.2, 0.25) is 0 Å². The maximum Gasteiger partial charge on any atom is 0.124 e. The highest BCUT2D eigenvalue weighted by Crippen LogP contribution is 2.21. The highest BCUT2D eigenvalue weighted by atomic mass is 35.5. The number of rotatable bonds is 17. The smallest absolute Gasteiger partial charge is 0.124 e. The number of carbonyl (C=O) groups excluding carboxylic acids is 1. The number of aldehydes is 1. The highest BCUT2D eigenvalue weighted by Gasteiger charge is 2.17. The zero-order chi connectivity index (χ0) is 18.9. The number of hydrogen-bond acceptors (Lipinski definition) is 2. The second-order valence-electron chi connectivity index (χ2n) is 7.93. The van der Waals surface area contributed by atoms with Gasteiger partial charge in [0.25, 0.3) is 0 Å². The molecule has 1 fully saturated rings. The first-order valence-electron chi connectivity index (χ1n) is 11.0. The number of ether oxygens (including phenoxy) is 1. The molecule has 26 heavy (non-hydrogen) atoms. The fourth-order valence-corrected chi connectivity index (χ4v) is 4.24. The topological polar surface area (TPSA) is 26.3 Å². The van der Waals surface area contributed by atoms with E-state index in [1.54, 1.807) is 0 Å². The molecule has 0 heterocycles. The molecular weight excluding hydrogens is 367 g/mol. The Morgan fingerprint density at radius 2 is 1.38 bits per heavy atom. The first-order chi connectivity index (χ1) is 12.8. The third-order valence-corrected chi connectivity index (χ3v) is 6.59. The van der Waals surface area contributed by atoms with Crippen LogP contribution >= 0.6 is 23.2 Å². The van der Waals surface area contributed by atoms with E-state index in [-0.39, 0.29) is 11.3 Å². The molecule has 2 atom stereocenters. The third-order valence-electron chi connectivity index (χ3n) is 5.62. The van der Waals surface area contributed by atoms with Crippen molar-refractivity contribution in [3.05, 3.63) is 0 Å². The summed E-state index contributed by atoms with van der Waals surface area (Å²) in [6, 6.07) is 0. The van der Waals surface area contributed by atoms with E-state index in [1.807, 2.05) is 0 Å². The SMILES string of the molecule is O=CC(CCCCCCCCCCCCOC1CCCCC1)C(Cl)CCl. The van der Waals surface area contributed by atoms with Crippen molar-refractivity contribution in [2.24, 2.45) is 5.92 Å². The fourth-order valence-electron chi connectivity index (χ4n) is 3.83. The van der Waals surface area contributed by atoms with Crippen molar-refractivity contribution in [1.82, 2.24) is 0 Å². The molecule has 0 aromatic rings. The highest BCUT2D eigenvalue weighted by molar-refractivity contribution is 6.28. The Labute approximate surface area is 171 Å². The lowest BCUT2D eigenvalue weighted by Crippen LogP contribution is -2.17. The molecule has 4 heteroatoms. The molecule has 0 aromatic heterocycles. The molecule has 1 rings (SSSR count). The van der Waals surface area contributed by atoms with E-state index in [0.29, 0.717) is 12.0 Å². The molecule has 0 spiro atoms. The summed E-state index contributed by atoms with van der Waals surface area (Å²) in [5, 5.41) is -0.206. The summed E-state index contributed by atoms with van der Waals surface area (Å²) in [6.45, 7) is 0.972. The van der Waals surface area contributed by atoms with Crippen molar-refractivity contribution < 1.29 is 9.53 Å². The lowest BCUT2D eigenvalue weighted by atomic mass is 9.98. The van der Waals surface area contributed by atoms with Gasteiger partial charge >= 0.3 is 0 Å². The van der Waals surface area contributed by atoms with Crippen LogP contribution in [0.4, 0.5) is 0 Å². The Hall–Kier alpha value is 0.210. The summed E-state index contributed by atoms with van der Waals surface area (Å²) < 4.78 is 5.97. The molecule has 0 saturated heterocycles. The predicted molar refractivity (Wildman–Crippen MR) is 114 cm³/mol. The van der Waals surface area contributed by atoms with Gasteiger partial charge in [-0.25, -0.2) is 0 Å². The minimum atomic E-state index is -0.206. The van der Waals surface area contributed by atoms with Crippen molar-refractivity contribution in [2.75, 3.05) is 12.5 Å². The van der Waals surface area contributed by atoms with Gasteiger partial charge in [0.15, 0.2) is 0 Å². The van der Waals surface area contributed by atoms with Gasteiger partial charge in [-0.3, -0.25) is 0 Å². The molecule has 0 aromatic carbocycles. The van der Waals surface area contributed by atoms with Crippen LogP contribution in [0.25, 0.3) is 0 Å². The Balaban J connectivity index is 1.77. The number of alkyl halides is 2. The van der Waals surface area contributed by atoms with Crippen LogP contribution in [0, 0.1) is 5.92 Å². The molecular formula is C22H40Cl2O2. The van der Waals surface area contributed by atoms with Gasteiger partial charge in [0, 0.05) is 18.4 Å². The largest absolute Gasteiger partial charge is 0.378 e. The van der Waals surface area contributed by atoms with Gasteiger partial charge in [0.2, 0.25) is 0 Å². The standard InChI is InChI=1S/C22H40Cl2O2/c23-18-22(24)20(19-25)14-10-7-5-3-1-2-4-6-8-13-17-26-21-15-11-9-12-16-21/h19-22H,1-18H2. The molecule has 0 aliphatic heterocycles. The molecule has 1 saturated carbocycles. The Morgan fingerprint density at radius 3 is 1.92 bits per heavy atom. The fraction of sp³-hybridized carbons (Fsp3) is 0.955. The van der Waals surface area contributed by atoms with Crippen LogP contribution in [0.1, 0.15) is 103 Å². The van der Waals surface area contributed by atoms with Gasteiger partial charge in [-0.2, -0.15) is 0 Å². The normalized spacial score (nSPS) is 17.9. The lowest BCUT2D eigenvalue weighted by Gasteiger charge is -2.21. The molecule has 0 radical (unpaired) electrons. The maximum absolute atomic E-state index is 11.0. The lowest BCUT2D eigenvalue weighted by molar-refractivity contribution is -0.111. The average molecular weight is 407 g/mol. The van der Waals surface area contributed by atoms with Crippen molar-refractivity contribution in [2.45, 2.75) is 114 Å². The summed E-state index contributed by atoms with van der Waals surface area (Å²) in [7, 11) is 0. The van der Waals surface area contributed by atoms with Crippen LogP contribution in [-0.4, -0.2) is 30.3 Å². The van der Waals surface area contributed by atoms with Gasteiger partial charge in [0.05, 0.1) is 11.5 Å². The van der Waals surface area contributed by atoms with Crippen molar-refractivity contribution in [3.63, 3.8) is 0 Å². The minimum absolute atomic E-state index is 0.0729. The first-order valence-corrected chi connectivity index (χ1v) is 12.0. The van der Waals surface area contributed by atoms with Crippen molar-refractivity contribution in [1.29, 1.82) is 0 Å². The number of hydrogen-bond donors (Lipinski definition) is 0. The summed E-state index contributed by atoms with van der Waals surface area (Å²) >= 11 is 11.8. The third kappa shape index (κ3) is 12.6. The molecule has 2 nitrogen and oxygen atoms in total. The van der Waals surface area contributed by atoms with E-state index in [9.17, 15) is 4.79 Å². The molecule has 154 valence electrons. The number of unbranched alkanes of at least 4 members (excludes halogenated alkanes) is 9. The zero-order valence-electron chi connectivity index (χ0n) is 16.6. The molecule has 1 aliphatic carbocycles. The Kier molecular flexibility index (Phi) is 16.2. The van der Waals surface area contributed by atoms with E-state index < -0.39 is 0 Å². The number of carbonyl (C=O) groups is 1. The van der Waals surface area contributed by atoms with Gasteiger partial charge in [-0.15, -0.1) is 23.2 Å². The van der Waals surface area contributed by atoms with E-state index in [1.165, 1.54) is 89.9 Å². The Morgan fingerprint density at radius 1 is 0.846 bits per heavy atom. The zero-order valence-corrected chi connectivity index (χ0v) is 18.1. The van der Waals surface area contributed by atoms with Crippen LogP contribution in [0.3, 0.4) is 0 Å². The molecule has 2 unspecified atom stereocenters. The summed E-state index contributed by atoms with van der Waals surface area (Å²) in [5.74, 6) is 0.286. The van der Waals surface area contributed by atoms with E-state index in [0.717, 1.165) is 25.7 Å². The second-order valence-corrected chi connectivity index (χ2v) is 8.79. The number of halogens is 2. The first kappa shape index (κ1) is 24.2. The quantitative estimate of drug-likeness (QED) is 0.144. The van der Waals surface area contributed by atoms with Gasteiger partial charge in [-0.1, -0.05) is 77.0 Å². The monoisotopic (exact) mass is 406 g/mol. The van der Waals surface area contributed by atoms with Gasteiger partial charge in [0.1, 0.15) is 6.29 Å². The maximum atomic E-state index is 11.0. The van der Waals surface area contributed by atoms with Crippen LogP contribution in [-0.2, 0) is 9.53 Å². The minimum Gasteiger partial charge on any atom is -0.378 e. The molecule has 0 bridgehead atoms. The van der Waals surface area contributed by atoms with Gasteiger partial charge in [-0.05, 0) is 25.7 Å². The van der Waals surface area contributed by atoms with Gasteiger partial charge < -0.3 is 9.53 Å². The second kappa shape index (κ2) is 17.3. The Bertz CT molecular complexity index is 319. The van der Waals surface area contributed by atoms with Crippen molar-refractivity contribution >= 4 is 29.5 Å². The van der Waals surface area contributed by atoms with Crippen LogP contribution in [0.15, 0.2) is 0 Å². The predicted octanol–water partition coefficient (Wildman–Crippen LogP) is 7.29. The summed E-state index contributed by atoms with van der Waals surface area (Å²) in [5.41, 5.74) is 0.